The molecule has 0 nitrogen and oxygen atoms in total. The van der Waals surface area contributed by atoms with Gasteiger partial charge < -0.3 is 0 Å². The Morgan fingerprint density at radius 3 is 1.21 bits per heavy atom. The van der Waals surface area contributed by atoms with Crippen molar-refractivity contribution in [1.82, 2.24) is 0 Å². The van der Waals surface area contributed by atoms with Crippen LogP contribution in [0.4, 0.5) is 0 Å². The van der Waals surface area contributed by atoms with Gasteiger partial charge in [0.25, 0.3) is 0 Å². The van der Waals surface area contributed by atoms with Crippen molar-refractivity contribution in [3.05, 3.63) is 35.4 Å². The maximum Gasteiger partial charge on any atom is -0.00297 e. The minimum atomic E-state index is 0. The molecule has 1 aromatic carbocycles. The summed E-state index contributed by atoms with van der Waals surface area (Å²) in [5.74, 6) is 2.25. The van der Waals surface area contributed by atoms with Crippen LogP contribution in [0.3, 0.4) is 0 Å². The van der Waals surface area contributed by atoms with Gasteiger partial charge in [-0.15, -0.1) is 12.3 Å². The molecule has 0 aliphatic rings. The lowest BCUT2D eigenvalue weighted by molar-refractivity contribution is 1.40. The SMILES string of the molecule is C.C#CC.CC.Cc1ccc(C)cc1. The summed E-state index contributed by atoms with van der Waals surface area (Å²) in [4.78, 5) is 0. The van der Waals surface area contributed by atoms with Gasteiger partial charge in [0.1, 0.15) is 0 Å². The maximum absolute atomic E-state index is 4.60. The molecule has 0 heteroatoms. The Labute approximate surface area is 90.4 Å². The van der Waals surface area contributed by atoms with E-state index in [1.54, 1.807) is 6.92 Å². The van der Waals surface area contributed by atoms with Crippen molar-refractivity contribution < 1.29 is 0 Å². The van der Waals surface area contributed by atoms with E-state index >= 15 is 0 Å². The molecule has 14 heavy (non-hydrogen) atoms. The summed E-state index contributed by atoms with van der Waals surface area (Å²) < 4.78 is 0. The van der Waals surface area contributed by atoms with E-state index in [1.807, 2.05) is 13.8 Å². The van der Waals surface area contributed by atoms with E-state index in [1.165, 1.54) is 11.1 Å². The van der Waals surface area contributed by atoms with Gasteiger partial charge in [-0.3, -0.25) is 0 Å². The zero-order chi connectivity index (χ0) is 10.7. The lowest BCUT2D eigenvalue weighted by Crippen LogP contribution is -1.70. The van der Waals surface area contributed by atoms with Crippen LogP contribution in [0.5, 0.6) is 0 Å². The van der Waals surface area contributed by atoms with Gasteiger partial charge in [0.05, 0.1) is 0 Å². The fourth-order valence-electron chi connectivity index (χ4n) is 0.637. The van der Waals surface area contributed by atoms with Crippen LogP contribution in [0.1, 0.15) is 39.3 Å². The van der Waals surface area contributed by atoms with E-state index in [0.29, 0.717) is 0 Å². The Balaban J connectivity index is -0.000000176. The van der Waals surface area contributed by atoms with Crippen molar-refractivity contribution >= 4 is 0 Å². The van der Waals surface area contributed by atoms with Gasteiger partial charge in [-0.05, 0) is 20.8 Å². The van der Waals surface area contributed by atoms with Crippen LogP contribution >= 0.6 is 0 Å². The van der Waals surface area contributed by atoms with Crippen LogP contribution in [0, 0.1) is 26.2 Å². The molecule has 0 aliphatic heterocycles. The van der Waals surface area contributed by atoms with Crippen LogP contribution in [-0.2, 0) is 0 Å². The molecule has 1 aromatic rings. The molecule has 1 rings (SSSR count). The Bertz CT molecular complexity index is 202. The minimum absolute atomic E-state index is 0. The van der Waals surface area contributed by atoms with E-state index < -0.39 is 0 Å². The second kappa shape index (κ2) is 14.3. The summed E-state index contributed by atoms with van der Waals surface area (Å²) in [6, 6.07) is 8.48. The first-order valence-corrected chi connectivity index (χ1v) is 4.61. The molecule has 0 saturated carbocycles. The van der Waals surface area contributed by atoms with Gasteiger partial charge in [0, 0.05) is 0 Å². The predicted molar refractivity (Wildman–Crippen MR) is 68.5 cm³/mol. The quantitative estimate of drug-likeness (QED) is 0.527. The third-order valence-corrected chi connectivity index (χ3v) is 1.22. The second-order valence-electron chi connectivity index (χ2n) is 2.44. The third kappa shape index (κ3) is 13.4. The van der Waals surface area contributed by atoms with Crippen LogP contribution in [0.2, 0.25) is 0 Å². The van der Waals surface area contributed by atoms with Gasteiger partial charge in [-0.1, -0.05) is 56.7 Å². The van der Waals surface area contributed by atoms with Crippen molar-refractivity contribution in [3.8, 4) is 12.3 Å². The van der Waals surface area contributed by atoms with Gasteiger partial charge in [-0.25, -0.2) is 0 Å². The molecule has 0 N–H and O–H groups in total. The van der Waals surface area contributed by atoms with Gasteiger partial charge in [-0.2, -0.15) is 0 Å². The maximum atomic E-state index is 4.60. The van der Waals surface area contributed by atoms with Crippen LogP contribution in [-0.4, -0.2) is 0 Å². The minimum Gasteiger partial charge on any atom is -0.120 e. The van der Waals surface area contributed by atoms with Crippen LogP contribution < -0.4 is 0 Å². The molecule has 80 valence electrons. The largest absolute Gasteiger partial charge is 0.120 e. The Hall–Kier alpha value is -1.22. The Morgan fingerprint density at radius 2 is 1.07 bits per heavy atom. The first-order valence-electron chi connectivity index (χ1n) is 4.61. The number of terminal acetylenes is 1. The second-order valence-corrected chi connectivity index (χ2v) is 2.44. The van der Waals surface area contributed by atoms with Crippen molar-refractivity contribution in [3.63, 3.8) is 0 Å². The Morgan fingerprint density at radius 1 is 0.929 bits per heavy atom. The molecule has 0 aliphatic carbocycles. The topological polar surface area (TPSA) is 0 Å². The molecule has 0 aromatic heterocycles. The van der Waals surface area contributed by atoms with E-state index in [9.17, 15) is 0 Å². The van der Waals surface area contributed by atoms with E-state index in [2.05, 4.69) is 50.5 Å². The van der Waals surface area contributed by atoms with Gasteiger partial charge >= 0.3 is 0 Å². The van der Waals surface area contributed by atoms with Crippen molar-refractivity contribution in [1.29, 1.82) is 0 Å². The highest BCUT2D eigenvalue weighted by molar-refractivity contribution is 5.19. The molecular weight excluding hydrogens is 168 g/mol. The smallest absolute Gasteiger partial charge is 0.00297 e. The molecule has 0 atom stereocenters. The predicted octanol–water partition coefficient (Wildman–Crippen LogP) is 4.61. The number of aryl methyl sites for hydroxylation is 2. The number of rotatable bonds is 0. The molecular formula is C14H24. The average Bonchev–Trinajstić information content (AvgIpc) is 2.15. The third-order valence-electron chi connectivity index (χ3n) is 1.22. The normalized spacial score (nSPS) is 6.29. The molecule has 0 spiro atoms. The molecule has 0 fully saturated rings. The lowest BCUT2D eigenvalue weighted by Gasteiger charge is -1.90. The molecule has 0 amide bonds. The fourth-order valence-corrected chi connectivity index (χ4v) is 0.637. The van der Waals surface area contributed by atoms with E-state index in [-0.39, 0.29) is 7.43 Å². The van der Waals surface area contributed by atoms with Crippen LogP contribution in [0.25, 0.3) is 0 Å². The lowest BCUT2D eigenvalue weighted by atomic mass is 10.2. The van der Waals surface area contributed by atoms with E-state index in [0.717, 1.165) is 0 Å². The summed E-state index contributed by atoms with van der Waals surface area (Å²) in [5, 5.41) is 0. The Kier molecular flexibility index (Phi) is 19.0. The summed E-state index contributed by atoms with van der Waals surface area (Å²) >= 11 is 0. The summed E-state index contributed by atoms with van der Waals surface area (Å²) in [6.07, 6.45) is 4.60. The molecule has 0 unspecified atom stereocenters. The average molecular weight is 192 g/mol. The van der Waals surface area contributed by atoms with Crippen molar-refractivity contribution in [2.45, 2.75) is 42.0 Å². The van der Waals surface area contributed by atoms with Crippen molar-refractivity contribution in [2.24, 2.45) is 0 Å². The molecule has 0 heterocycles. The molecule has 0 radical (unpaired) electrons. The highest BCUT2D eigenvalue weighted by Gasteiger charge is 1.79. The zero-order valence-corrected chi connectivity index (χ0v) is 9.39. The van der Waals surface area contributed by atoms with Gasteiger partial charge in [0.2, 0.25) is 0 Å². The first kappa shape index (κ1) is 18.5. The fraction of sp³-hybridized carbons (Fsp3) is 0.429. The zero-order valence-electron chi connectivity index (χ0n) is 9.39. The highest BCUT2D eigenvalue weighted by Crippen LogP contribution is 1.99. The molecule has 0 bridgehead atoms. The van der Waals surface area contributed by atoms with Gasteiger partial charge in [0.15, 0.2) is 0 Å². The number of hydrogen-bond acceptors (Lipinski definition) is 0. The number of benzene rings is 1. The summed E-state index contributed by atoms with van der Waals surface area (Å²) in [7, 11) is 0. The number of hydrogen-bond donors (Lipinski definition) is 0. The molecule has 0 saturated heterocycles. The standard InChI is InChI=1S/C8H10.C3H4.C2H6.CH4/c1-7-3-5-8(2)6-4-7;1-3-2;1-2;/h3-6H,1-2H3;1H,2H3;1-2H3;1H4. The van der Waals surface area contributed by atoms with Crippen LogP contribution in [0.15, 0.2) is 24.3 Å². The highest BCUT2D eigenvalue weighted by atomic mass is 13.9. The summed E-state index contributed by atoms with van der Waals surface area (Å²) in [5.41, 5.74) is 2.66. The van der Waals surface area contributed by atoms with Crippen molar-refractivity contribution in [2.75, 3.05) is 0 Å². The summed E-state index contributed by atoms with van der Waals surface area (Å²) in [6.45, 7) is 9.85. The first-order chi connectivity index (χ1) is 6.20. The van der Waals surface area contributed by atoms with E-state index in [4.69, 9.17) is 0 Å². The monoisotopic (exact) mass is 192 g/mol.